The molecule has 1 unspecified atom stereocenters. The first-order valence-corrected chi connectivity index (χ1v) is 12.5. The molecule has 1 aromatic carbocycles. The highest BCUT2D eigenvalue weighted by Gasteiger charge is 2.34. The number of carbonyl (C=O) groups excluding carboxylic acids is 2. The summed E-state index contributed by atoms with van der Waals surface area (Å²) in [6, 6.07) is 2.23. The first-order valence-electron chi connectivity index (χ1n) is 12.5. The number of halogens is 3. The smallest absolute Gasteiger partial charge is 0.337 e. The molecule has 0 bridgehead atoms. The summed E-state index contributed by atoms with van der Waals surface area (Å²) in [6.07, 6.45) is 7.55. The van der Waals surface area contributed by atoms with Crippen molar-refractivity contribution in [3.8, 4) is 0 Å². The molecule has 3 heterocycles. The summed E-state index contributed by atoms with van der Waals surface area (Å²) in [5.41, 5.74) is 0.337. The number of nitrogens with one attached hydrogen (secondary N) is 1. The molecule has 2 aliphatic heterocycles. The Morgan fingerprint density at radius 3 is 2.41 bits per heavy atom. The predicted octanol–water partition coefficient (Wildman–Crippen LogP) is 4.09. The fourth-order valence-electron chi connectivity index (χ4n) is 5.14. The average molecular weight is 516 g/mol. The molecular weight excluding hydrogens is 487 g/mol. The lowest BCUT2D eigenvalue weighted by Crippen LogP contribution is -2.52. The molecule has 1 saturated carbocycles. The van der Waals surface area contributed by atoms with Crippen LogP contribution >= 0.6 is 0 Å². The molecule has 0 spiro atoms. The second-order valence-electron chi connectivity index (χ2n) is 9.62. The van der Waals surface area contributed by atoms with Crippen LogP contribution in [0.3, 0.4) is 0 Å². The number of rotatable bonds is 5. The van der Waals surface area contributed by atoms with Gasteiger partial charge in [-0.05, 0) is 36.5 Å². The Hall–Kier alpha value is -3.70. The number of hydrazone groups is 1. The van der Waals surface area contributed by atoms with Crippen molar-refractivity contribution in [3.63, 3.8) is 0 Å². The minimum absolute atomic E-state index is 0.150. The maximum atomic E-state index is 14.3. The maximum Gasteiger partial charge on any atom is 0.341 e. The van der Waals surface area contributed by atoms with Crippen molar-refractivity contribution in [1.29, 1.82) is 0 Å². The normalized spacial score (nSPS) is 20.1. The summed E-state index contributed by atoms with van der Waals surface area (Å²) >= 11 is 0. The molecule has 5 rings (SSSR count). The van der Waals surface area contributed by atoms with Gasteiger partial charge in [0.2, 0.25) is 11.9 Å². The van der Waals surface area contributed by atoms with Gasteiger partial charge < -0.3 is 15.1 Å². The zero-order valence-corrected chi connectivity index (χ0v) is 20.2. The molecule has 2 aromatic rings. The molecule has 0 radical (unpaired) electrons. The second kappa shape index (κ2) is 10.7. The Labute approximate surface area is 212 Å². The van der Waals surface area contributed by atoms with Gasteiger partial charge in [-0.1, -0.05) is 12.8 Å². The standard InChI is InChI=1S/C25H28F3N7O2/c26-18-12-17(13-19(27)14-18)21-5-6-30-35(21)25(37)34-9-7-33(8-10-34)24-29-15-20(28)23(32-24)31-22(36)11-16-3-1-2-4-16/h6,12-16,21H,1-5,7-11H2,(H,29,31,32,36). The lowest BCUT2D eigenvalue weighted by atomic mass is 10.0. The van der Waals surface area contributed by atoms with Gasteiger partial charge in [0.25, 0.3) is 0 Å². The van der Waals surface area contributed by atoms with Gasteiger partial charge in [-0.25, -0.2) is 28.0 Å². The summed E-state index contributed by atoms with van der Waals surface area (Å²) in [5, 5.41) is 7.97. The predicted molar refractivity (Wildman–Crippen MR) is 130 cm³/mol. The Morgan fingerprint density at radius 1 is 1.00 bits per heavy atom. The zero-order valence-electron chi connectivity index (χ0n) is 20.2. The first-order chi connectivity index (χ1) is 17.9. The SMILES string of the molecule is O=C(CC1CCCC1)Nc1nc(N2CCN(C(=O)N3N=CCC3c3cc(F)cc(F)c3)CC2)ncc1F. The van der Waals surface area contributed by atoms with Crippen LogP contribution in [0.25, 0.3) is 0 Å². The number of urea groups is 1. The lowest BCUT2D eigenvalue weighted by Gasteiger charge is -2.37. The third kappa shape index (κ3) is 5.67. The van der Waals surface area contributed by atoms with Gasteiger partial charge in [0.1, 0.15) is 11.6 Å². The van der Waals surface area contributed by atoms with Crippen LogP contribution in [0.4, 0.5) is 29.7 Å². The van der Waals surface area contributed by atoms with Gasteiger partial charge in [-0.15, -0.1) is 0 Å². The molecule has 9 nitrogen and oxygen atoms in total. The molecule has 1 aromatic heterocycles. The largest absolute Gasteiger partial charge is 0.341 e. The zero-order chi connectivity index (χ0) is 25.9. The minimum atomic E-state index is -0.712. The van der Waals surface area contributed by atoms with E-state index in [-0.39, 0.29) is 23.7 Å². The summed E-state index contributed by atoms with van der Waals surface area (Å²) in [5.74, 6) is -1.95. The summed E-state index contributed by atoms with van der Waals surface area (Å²) < 4.78 is 41.7. The second-order valence-corrected chi connectivity index (χ2v) is 9.62. The van der Waals surface area contributed by atoms with E-state index in [9.17, 15) is 22.8 Å². The van der Waals surface area contributed by atoms with Crippen LogP contribution in [0.5, 0.6) is 0 Å². The fraction of sp³-hybridized carbons (Fsp3) is 0.480. The lowest BCUT2D eigenvalue weighted by molar-refractivity contribution is -0.117. The van der Waals surface area contributed by atoms with Crippen molar-refractivity contribution in [3.05, 3.63) is 47.4 Å². The number of nitrogens with zero attached hydrogens (tertiary/aromatic N) is 6. The average Bonchev–Trinajstić information content (AvgIpc) is 3.57. The minimum Gasteiger partial charge on any atom is -0.337 e. The van der Waals surface area contributed by atoms with E-state index < -0.39 is 23.5 Å². The molecule has 37 heavy (non-hydrogen) atoms. The number of benzene rings is 1. The van der Waals surface area contributed by atoms with Crippen molar-refractivity contribution in [2.24, 2.45) is 11.0 Å². The Bertz CT molecular complexity index is 1180. The number of piperazine rings is 1. The summed E-state index contributed by atoms with van der Waals surface area (Å²) in [7, 11) is 0. The van der Waals surface area contributed by atoms with Crippen molar-refractivity contribution < 1.29 is 22.8 Å². The van der Waals surface area contributed by atoms with Crippen molar-refractivity contribution in [2.75, 3.05) is 36.4 Å². The van der Waals surface area contributed by atoms with Crippen LogP contribution in [-0.4, -0.2) is 64.2 Å². The Morgan fingerprint density at radius 2 is 1.70 bits per heavy atom. The van der Waals surface area contributed by atoms with Gasteiger partial charge in [0.05, 0.1) is 12.2 Å². The third-order valence-corrected chi connectivity index (χ3v) is 7.07. The van der Waals surface area contributed by atoms with Crippen LogP contribution < -0.4 is 10.2 Å². The third-order valence-electron chi connectivity index (χ3n) is 7.07. The van der Waals surface area contributed by atoms with E-state index in [4.69, 9.17) is 0 Å². The van der Waals surface area contributed by atoms with Gasteiger partial charge in [-0.2, -0.15) is 10.1 Å². The van der Waals surface area contributed by atoms with Gasteiger partial charge in [-0.3, -0.25) is 4.79 Å². The molecule has 3 aliphatic rings. The van der Waals surface area contributed by atoms with E-state index in [2.05, 4.69) is 20.4 Å². The molecule has 1 saturated heterocycles. The quantitative estimate of drug-likeness (QED) is 0.648. The monoisotopic (exact) mass is 515 g/mol. The Balaban J connectivity index is 1.20. The van der Waals surface area contributed by atoms with Crippen LogP contribution in [0.1, 0.15) is 50.1 Å². The number of amides is 3. The molecule has 1 N–H and O–H groups in total. The summed E-state index contributed by atoms with van der Waals surface area (Å²) in [6.45, 7) is 1.39. The van der Waals surface area contributed by atoms with Crippen LogP contribution in [0, 0.1) is 23.4 Å². The topological polar surface area (TPSA) is 94.0 Å². The molecule has 3 amide bonds. The molecule has 1 aliphatic carbocycles. The van der Waals surface area contributed by atoms with Crippen LogP contribution in [0.15, 0.2) is 29.5 Å². The molecule has 2 fully saturated rings. The number of carbonyl (C=O) groups is 2. The highest BCUT2D eigenvalue weighted by atomic mass is 19.1. The molecule has 12 heteroatoms. The van der Waals surface area contributed by atoms with E-state index in [0.717, 1.165) is 37.9 Å². The van der Waals surface area contributed by atoms with Gasteiger partial charge in [0.15, 0.2) is 11.6 Å². The fourth-order valence-corrected chi connectivity index (χ4v) is 5.14. The number of aromatic nitrogens is 2. The molecule has 196 valence electrons. The maximum absolute atomic E-state index is 14.3. The van der Waals surface area contributed by atoms with E-state index in [1.165, 1.54) is 17.1 Å². The summed E-state index contributed by atoms with van der Waals surface area (Å²) in [4.78, 5) is 37.2. The Kier molecular flexibility index (Phi) is 7.24. The van der Waals surface area contributed by atoms with E-state index >= 15 is 0 Å². The van der Waals surface area contributed by atoms with Crippen LogP contribution in [0.2, 0.25) is 0 Å². The number of hydrogen-bond donors (Lipinski definition) is 1. The van der Waals surface area contributed by atoms with Crippen molar-refractivity contribution in [1.82, 2.24) is 19.9 Å². The number of anilines is 2. The van der Waals surface area contributed by atoms with Crippen molar-refractivity contribution in [2.45, 2.75) is 44.6 Å². The van der Waals surface area contributed by atoms with E-state index in [1.54, 1.807) is 11.1 Å². The van der Waals surface area contributed by atoms with Gasteiger partial charge >= 0.3 is 6.03 Å². The van der Waals surface area contributed by atoms with Gasteiger partial charge in [0, 0.05) is 51.3 Å². The highest BCUT2D eigenvalue weighted by Crippen LogP contribution is 2.31. The van der Waals surface area contributed by atoms with Crippen LogP contribution in [-0.2, 0) is 4.79 Å². The molecular formula is C25H28F3N7O2. The van der Waals surface area contributed by atoms with Crippen molar-refractivity contribution >= 4 is 29.9 Å². The number of hydrogen-bond acceptors (Lipinski definition) is 6. The highest BCUT2D eigenvalue weighted by molar-refractivity contribution is 5.90. The van der Waals surface area contributed by atoms with E-state index in [0.29, 0.717) is 50.5 Å². The molecule has 1 atom stereocenters. The first kappa shape index (κ1) is 25.0. The van der Waals surface area contributed by atoms with E-state index in [1.807, 2.05) is 4.90 Å².